The quantitative estimate of drug-likeness (QED) is 0.340. The molecule has 1 heterocycles. The van der Waals surface area contributed by atoms with Gasteiger partial charge in [0.25, 0.3) is 0 Å². The lowest BCUT2D eigenvalue weighted by Crippen LogP contribution is -2.37. The molecule has 0 saturated heterocycles. The average Bonchev–Trinajstić information content (AvgIpc) is 3.14. The molecular formula is C29H26N2O5. The number of aliphatic carboxylic acids is 1. The van der Waals surface area contributed by atoms with Gasteiger partial charge in [0, 0.05) is 29.3 Å². The molecule has 1 N–H and O–H groups in total. The van der Waals surface area contributed by atoms with Gasteiger partial charge in [-0.2, -0.15) is 5.26 Å². The zero-order valence-electron chi connectivity index (χ0n) is 20.5. The van der Waals surface area contributed by atoms with Crippen molar-refractivity contribution in [2.45, 2.75) is 32.9 Å². The van der Waals surface area contributed by atoms with Gasteiger partial charge in [0.1, 0.15) is 11.5 Å². The van der Waals surface area contributed by atoms with E-state index < -0.39 is 11.6 Å². The molecule has 0 spiro atoms. The standard InChI is InChI=1S/C29H26N2O5/c1-18-26(27(32)19-9-11-22(35-4)12-10-19)24-14-13-23(36-29(2,3)28(33)34)15-25(24)31(18)17-21-8-6-5-7-20(21)16-30/h5-15H,17H2,1-4H3,(H,33,34). The number of carboxylic acids is 1. The summed E-state index contributed by atoms with van der Waals surface area (Å²) < 4.78 is 13.0. The van der Waals surface area contributed by atoms with Crippen molar-refractivity contribution in [3.8, 4) is 17.6 Å². The Balaban J connectivity index is 1.89. The summed E-state index contributed by atoms with van der Waals surface area (Å²) in [7, 11) is 1.57. The predicted molar refractivity (Wildman–Crippen MR) is 136 cm³/mol. The van der Waals surface area contributed by atoms with Crippen molar-refractivity contribution in [1.82, 2.24) is 4.57 Å². The third-order valence-electron chi connectivity index (χ3n) is 6.23. The number of ketones is 1. The molecule has 0 amide bonds. The molecule has 36 heavy (non-hydrogen) atoms. The zero-order valence-corrected chi connectivity index (χ0v) is 20.5. The third kappa shape index (κ3) is 4.53. The normalized spacial score (nSPS) is 11.2. The molecule has 4 aromatic rings. The molecule has 3 aromatic carbocycles. The second-order valence-electron chi connectivity index (χ2n) is 8.97. The molecule has 0 atom stereocenters. The van der Waals surface area contributed by atoms with Gasteiger partial charge in [0.2, 0.25) is 0 Å². The molecule has 0 bridgehead atoms. The Morgan fingerprint density at radius 2 is 1.69 bits per heavy atom. The van der Waals surface area contributed by atoms with E-state index in [4.69, 9.17) is 9.47 Å². The van der Waals surface area contributed by atoms with Crippen LogP contribution in [-0.2, 0) is 11.3 Å². The molecule has 0 saturated carbocycles. The van der Waals surface area contributed by atoms with Gasteiger partial charge in [-0.15, -0.1) is 0 Å². The maximum Gasteiger partial charge on any atom is 0.347 e. The first kappa shape index (κ1) is 24.6. The maximum atomic E-state index is 13.7. The van der Waals surface area contributed by atoms with E-state index in [2.05, 4.69) is 6.07 Å². The minimum atomic E-state index is -1.44. The summed E-state index contributed by atoms with van der Waals surface area (Å²) in [4.78, 5) is 25.3. The second-order valence-corrected chi connectivity index (χ2v) is 8.97. The van der Waals surface area contributed by atoms with Gasteiger partial charge in [-0.25, -0.2) is 4.79 Å². The minimum Gasteiger partial charge on any atom is -0.497 e. The lowest BCUT2D eigenvalue weighted by Gasteiger charge is -2.21. The van der Waals surface area contributed by atoms with E-state index in [-0.39, 0.29) is 5.78 Å². The topological polar surface area (TPSA) is 102 Å². The number of nitriles is 1. The molecule has 0 unspecified atom stereocenters. The highest BCUT2D eigenvalue weighted by molar-refractivity contribution is 6.17. The van der Waals surface area contributed by atoms with E-state index in [0.29, 0.717) is 45.6 Å². The van der Waals surface area contributed by atoms with Crippen LogP contribution in [0.1, 0.15) is 46.6 Å². The molecule has 7 nitrogen and oxygen atoms in total. The van der Waals surface area contributed by atoms with E-state index in [1.807, 2.05) is 23.6 Å². The van der Waals surface area contributed by atoms with Gasteiger partial charge in [-0.05, 0) is 68.8 Å². The average molecular weight is 483 g/mol. The number of aromatic nitrogens is 1. The van der Waals surface area contributed by atoms with Crippen LogP contribution in [0.5, 0.6) is 11.5 Å². The van der Waals surface area contributed by atoms with Crippen molar-refractivity contribution in [1.29, 1.82) is 5.26 Å². The summed E-state index contributed by atoms with van der Waals surface area (Å²) in [5, 5.41) is 19.8. The van der Waals surface area contributed by atoms with Gasteiger partial charge >= 0.3 is 5.97 Å². The Morgan fingerprint density at radius 3 is 2.33 bits per heavy atom. The number of rotatable bonds is 8. The highest BCUT2D eigenvalue weighted by Gasteiger charge is 2.30. The first-order valence-corrected chi connectivity index (χ1v) is 11.4. The van der Waals surface area contributed by atoms with Crippen LogP contribution >= 0.6 is 0 Å². The SMILES string of the molecule is COc1ccc(C(=O)c2c(C)n(Cc3ccccc3C#N)c3cc(OC(C)(C)C(=O)O)ccc23)cc1. The maximum absolute atomic E-state index is 13.7. The summed E-state index contributed by atoms with van der Waals surface area (Å²) in [6.45, 7) is 5.18. The molecule has 0 radical (unpaired) electrons. The van der Waals surface area contributed by atoms with Crippen molar-refractivity contribution < 1.29 is 24.2 Å². The molecule has 0 aliphatic rings. The van der Waals surface area contributed by atoms with Crippen molar-refractivity contribution in [2.75, 3.05) is 7.11 Å². The molecule has 7 heteroatoms. The van der Waals surface area contributed by atoms with Crippen LogP contribution in [-0.4, -0.2) is 34.1 Å². The predicted octanol–water partition coefficient (Wildman–Crippen LogP) is 5.35. The van der Waals surface area contributed by atoms with Crippen LogP contribution in [0.3, 0.4) is 0 Å². The van der Waals surface area contributed by atoms with Crippen LogP contribution in [0, 0.1) is 18.3 Å². The summed E-state index contributed by atoms with van der Waals surface area (Å²) in [5.41, 5.74) is 2.40. The number of hydrogen-bond acceptors (Lipinski definition) is 5. The molecule has 0 fully saturated rings. The summed E-state index contributed by atoms with van der Waals surface area (Å²) in [6, 6.07) is 21.6. The van der Waals surface area contributed by atoms with Gasteiger partial charge in [-0.3, -0.25) is 4.79 Å². The van der Waals surface area contributed by atoms with Crippen molar-refractivity contribution >= 4 is 22.7 Å². The third-order valence-corrected chi connectivity index (χ3v) is 6.23. The first-order valence-electron chi connectivity index (χ1n) is 11.4. The number of carboxylic acid groups (broad SMARTS) is 1. The number of benzene rings is 3. The van der Waals surface area contributed by atoms with E-state index in [1.54, 1.807) is 61.7 Å². The van der Waals surface area contributed by atoms with Crippen molar-refractivity contribution in [3.63, 3.8) is 0 Å². The van der Waals surface area contributed by atoms with E-state index >= 15 is 0 Å². The van der Waals surface area contributed by atoms with Crippen molar-refractivity contribution in [2.24, 2.45) is 0 Å². The summed E-state index contributed by atoms with van der Waals surface area (Å²) in [6.07, 6.45) is 0. The number of carbonyl (C=O) groups excluding carboxylic acids is 1. The Bertz CT molecular complexity index is 1510. The van der Waals surface area contributed by atoms with Crippen LogP contribution in [0.15, 0.2) is 66.7 Å². The Hall–Kier alpha value is -4.57. The Morgan fingerprint density at radius 1 is 1.03 bits per heavy atom. The van der Waals surface area contributed by atoms with Gasteiger partial charge in [-0.1, -0.05) is 18.2 Å². The molecule has 182 valence electrons. The Kier molecular flexibility index (Phi) is 6.54. The highest BCUT2D eigenvalue weighted by Crippen LogP contribution is 2.33. The molecule has 1 aromatic heterocycles. The number of nitrogens with zero attached hydrogens (tertiary/aromatic N) is 2. The first-order chi connectivity index (χ1) is 17.2. The number of fused-ring (bicyclic) bond motifs is 1. The lowest BCUT2D eigenvalue weighted by molar-refractivity contribution is -0.152. The number of methoxy groups -OCH3 is 1. The van der Waals surface area contributed by atoms with E-state index in [0.717, 1.165) is 11.3 Å². The van der Waals surface area contributed by atoms with Gasteiger partial charge < -0.3 is 19.1 Å². The summed E-state index contributed by atoms with van der Waals surface area (Å²) in [5.74, 6) is -0.216. The van der Waals surface area contributed by atoms with Gasteiger partial charge in [0.15, 0.2) is 11.4 Å². The monoisotopic (exact) mass is 482 g/mol. The number of ether oxygens (including phenoxy) is 2. The largest absolute Gasteiger partial charge is 0.497 e. The number of carbonyl (C=O) groups is 2. The Labute approximate surface area is 209 Å². The molecular weight excluding hydrogens is 456 g/mol. The fourth-order valence-electron chi connectivity index (χ4n) is 4.17. The van der Waals surface area contributed by atoms with E-state index in [1.165, 1.54) is 13.8 Å². The lowest BCUT2D eigenvalue weighted by atomic mass is 10.0. The van der Waals surface area contributed by atoms with Crippen LogP contribution in [0.4, 0.5) is 0 Å². The van der Waals surface area contributed by atoms with Crippen LogP contribution < -0.4 is 9.47 Å². The summed E-state index contributed by atoms with van der Waals surface area (Å²) >= 11 is 0. The van der Waals surface area contributed by atoms with Gasteiger partial charge in [0.05, 0.1) is 29.8 Å². The smallest absolute Gasteiger partial charge is 0.347 e. The second kappa shape index (κ2) is 9.59. The van der Waals surface area contributed by atoms with Crippen molar-refractivity contribution in [3.05, 3.63) is 94.7 Å². The van der Waals surface area contributed by atoms with Crippen LogP contribution in [0.2, 0.25) is 0 Å². The highest BCUT2D eigenvalue weighted by atomic mass is 16.5. The minimum absolute atomic E-state index is 0.146. The fraction of sp³-hybridized carbons (Fsp3) is 0.207. The fourth-order valence-corrected chi connectivity index (χ4v) is 4.17. The molecule has 4 rings (SSSR count). The molecule has 0 aliphatic heterocycles. The van der Waals surface area contributed by atoms with Crippen LogP contribution in [0.25, 0.3) is 10.9 Å². The number of hydrogen-bond donors (Lipinski definition) is 1. The zero-order chi connectivity index (χ0) is 26.0. The molecule has 0 aliphatic carbocycles. The van der Waals surface area contributed by atoms with E-state index in [9.17, 15) is 20.0 Å².